The maximum absolute atomic E-state index is 10.5. The SMILES string of the molecule is CC(=O)OCC(C)=C(C)COC(C)=O. The molecular formula is C10H16O4. The molecule has 0 spiro atoms. The van der Waals surface area contributed by atoms with Crippen LogP contribution in [0.2, 0.25) is 0 Å². The first-order chi connectivity index (χ1) is 6.43. The van der Waals surface area contributed by atoms with Gasteiger partial charge in [-0.1, -0.05) is 0 Å². The highest BCUT2D eigenvalue weighted by atomic mass is 16.5. The number of hydrogen-bond donors (Lipinski definition) is 0. The summed E-state index contributed by atoms with van der Waals surface area (Å²) in [7, 11) is 0. The minimum Gasteiger partial charge on any atom is -0.461 e. The monoisotopic (exact) mass is 200 g/mol. The quantitative estimate of drug-likeness (QED) is 0.509. The minimum absolute atomic E-state index is 0.252. The van der Waals surface area contributed by atoms with Gasteiger partial charge in [0.2, 0.25) is 0 Å². The predicted octanol–water partition coefficient (Wildman–Crippen LogP) is 1.45. The van der Waals surface area contributed by atoms with Crippen LogP contribution in [-0.4, -0.2) is 25.2 Å². The normalized spacial score (nSPS) is 11.7. The number of carbonyl (C=O) groups excluding carboxylic acids is 2. The Morgan fingerprint density at radius 1 is 0.786 bits per heavy atom. The van der Waals surface area contributed by atoms with Crippen LogP contribution >= 0.6 is 0 Å². The summed E-state index contributed by atoms with van der Waals surface area (Å²) >= 11 is 0. The van der Waals surface area contributed by atoms with Crippen LogP contribution in [0.15, 0.2) is 11.1 Å². The van der Waals surface area contributed by atoms with Gasteiger partial charge < -0.3 is 9.47 Å². The van der Waals surface area contributed by atoms with E-state index in [0.29, 0.717) is 0 Å². The van der Waals surface area contributed by atoms with E-state index >= 15 is 0 Å². The number of rotatable bonds is 4. The van der Waals surface area contributed by atoms with Crippen molar-refractivity contribution in [2.75, 3.05) is 13.2 Å². The summed E-state index contributed by atoms with van der Waals surface area (Å²) in [4.78, 5) is 21.0. The Kier molecular flexibility index (Phi) is 5.60. The Labute approximate surface area is 83.9 Å². The van der Waals surface area contributed by atoms with Gasteiger partial charge in [-0.25, -0.2) is 0 Å². The fourth-order valence-corrected chi connectivity index (χ4v) is 0.666. The average molecular weight is 200 g/mol. The molecule has 0 aliphatic heterocycles. The third-order valence-electron chi connectivity index (χ3n) is 1.71. The van der Waals surface area contributed by atoms with Gasteiger partial charge in [-0.2, -0.15) is 0 Å². The lowest BCUT2D eigenvalue weighted by atomic mass is 10.2. The second-order valence-electron chi connectivity index (χ2n) is 3.12. The lowest BCUT2D eigenvalue weighted by Gasteiger charge is -2.07. The molecule has 0 bridgehead atoms. The first-order valence-electron chi connectivity index (χ1n) is 4.35. The Morgan fingerprint density at radius 2 is 1.07 bits per heavy atom. The van der Waals surface area contributed by atoms with Gasteiger partial charge in [-0.15, -0.1) is 0 Å². The molecule has 0 heterocycles. The third kappa shape index (κ3) is 6.22. The molecule has 0 radical (unpaired) electrons. The summed E-state index contributed by atoms with van der Waals surface area (Å²) in [5.74, 6) is -0.630. The van der Waals surface area contributed by atoms with E-state index in [1.54, 1.807) is 0 Å². The average Bonchev–Trinajstić information content (AvgIpc) is 2.09. The molecule has 14 heavy (non-hydrogen) atoms. The first kappa shape index (κ1) is 12.7. The Balaban J connectivity index is 4.01. The molecule has 0 amide bonds. The number of ether oxygens (including phenoxy) is 2. The number of carbonyl (C=O) groups is 2. The van der Waals surface area contributed by atoms with Crippen molar-refractivity contribution in [1.29, 1.82) is 0 Å². The van der Waals surface area contributed by atoms with Gasteiger partial charge in [0.1, 0.15) is 13.2 Å². The molecule has 0 fully saturated rings. The van der Waals surface area contributed by atoms with Crippen LogP contribution < -0.4 is 0 Å². The molecule has 0 aliphatic carbocycles. The Bertz CT molecular complexity index is 227. The fourth-order valence-electron chi connectivity index (χ4n) is 0.666. The summed E-state index contributed by atoms with van der Waals surface area (Å²) < 4.78 is 9.59. The van der Waals surface area contributed by atoms with Crippen molar-refractivity contribution in [3.05, 3.63) is 11.1 Å². The van der Waals surface area contributed by atoms with Gasteiger partial charge in [0.05, 0.1) is 0 Å². The van der Waals surface area contributed by atoms with E-state index in [-0.39, 0.29) is 25.2 Å². The summed E-state index contributed by atoms with van der Waals surface area (Å²) in [5, 5.41) is 0. The Morgan fingerprint density at radius 3 is 1.29 bits per heavy atom. The lowest BCUT2D eigenvalue weighted by molar-refractivity contribution is -0.141. The van der Waals surface area contributed by atoms with Crippen molar-refractivity contribution in [2.45, 2.75) is 27.7 Å². The molecule has 0 aliphatic rings. The molecule has 0 saturated heterocycles. The highest BCUT2D eigenvalue weighted by molar-refractivity contribution is 5.66. The van der Waals surface area contributed by atoms with Crippen LogP contribution in [0.3, 0.4) is 0 Å². The van der Waals surface area contributed by atoms with Crippen LogP contribution in [0.1, 0.15) is 27.7 Å². The molecule has 4 heteroatoms. The highest BCUT2D eigenvalue weighted by Gasteiger charge is 2.01. The molecule has 0 aromatic rings. The third-order valence-corrected chi connectivity index (χ3v) is 1.71. The highest BCUT2D eigenvalue weighted by Crippen LogP contribution is 2.04. The van der Waals surface area contributed by atoms with E-state index in [9.17, 15) is 9.59 Å². The maximum atomic E-state index is 10.5. The van der Waals surface area contributed by atoms with E-state index in [2.05, 4.69) is 0 Å². The Hall–Kier alpha value is -1.32. The fraction of sp³-hybridized carbons (Fsp3) is 0.600. The van der Waals surface area contributed by atoms with Gasteiger partial charge in [-0.05, 0) is 25.0 Å². The van der Waals surface area contributed by atoms with Crippen LogP contribution in [0, 0.1) is 0 Å². The topological polar surface area (TPSA) is 52.6 Å². The van der Waals surface area contributed by atoms with Crippen LogP contribution in [0.25, 0.3) is 0 Å². The van der Waals surface area contributed by atoms with Crippen molar-refractivity contribution in [2.24, 2.45) is 0 Å². The lowest BCUT2D eigenvalue weighted by Crippen LogP contribution is -2.07. The summed E-state index contributed by atoms with van der Waals surface area (Å²) in [5.41, 5.74) is 1.81. The zero-order valence-corrected chi connectivity index (χ0v) is 9.05. The second kappa shape index (κ2) is 6.18. The van der Waals surface area contributed by atoms with E-state index in [4.69, 9.17) is 9.47 Å². The zero-order valence-electron chi connectivity index (χ0n) is 9.05. The van der Waals surface area contributed by atoms with Crippen LogP contribution in [0.5, 0.6) is 0 Å². The largest absolute Gasteiger partial charge is 0.461 e. The minimum atomic E-state index is -0.315. The van der Waals surface area contributed by atoms with E-state index in [0.717, 1.165) is 11.1 Å². The van der Waals surface area contributed by atoms with Crippen molar-refractivity contribution in [3.63, 3.8) is 0 Å². The van der Waals surface area contributed by atoms with Gasteiger partial charge >= 0.3 is 11.9 Å². The summed E-state index contributed by atoms with van der Waals surface area (Å²) in [6, 6.07) is 0. The molecule has 4 nitrogen and oxygen atoms in total. The van der Waals surface area contributed by atoms with Gasteiger partial charge in [-0.3, -0.25) is 9.59 Å². The zero-order chi connectivity index (χ0) is 11.1. The number of esters is 2. The maximum Gasteiger partial charge on any atom is 0.302 e. The van der Waals surface area contributed by atoms with Crippen molar-refractivity contribution in [1.82, 2.24) is 0 Å². The molecule has 80 valence electrons. The van der Waals surface area contributed by atoms with Crippen LogP contribution in [-0.2, 0) is 19.1 Å². The summed E-state index contributed by atoms with van der Waals surface area (Å²) in [6.45, 7) is 6.89. The molecular weight excluding hydrogens is 184 g/mol. The molecule has 0 atom stereocenters. The van der Waals surface area contributed by atoms with Gasteiger partial charge in [0.15, 0.2) is 0 Å². The van der Waals surface area contributed by atoms with E-state index in [1.165, 1.54) is 13.8 Å². The predicted molar refractivity (Wildman–Crippen MR) is 51.6 cm³/mol. The molecule has 0 unspecified atom stereocenters. The van der Waals surface area contributed by atoms with Crippen LogP contribution in [0.4, 0.5) is 0 Å². The molecule has 0 rings (SSSR count). The molecule has 0 N–H and O–H groups in total. The smallest absolute Gasteiger partial charge is 0.302 e. The van der Waals surface area contributed by atoms with Crippen molar-refractivity contribution in [3.8, 4) is 0 Å². The number of hydrogen-bond acceptors (Lipinski definition) is 4. The van der Waals surface area contributed by atoms with Crippen molar-refractivity contribution >= 4 is 11.9 Å². The molecule has 0 saturated carbocycles. The van der Waals surface area contributed by atoms with Gasteiger partial charge in [0, 0.05) is 13.8 Å². The van der Waals surface area contributed by atoms with E-state index < -0.39 is 0 Å². The van der Waals surface area contributed by atoms with E-state index in [1.807, 2.05) is 13.8 Å². The first-order valence-corrected chi connectivity index (χ1v) is 4.35. The molecule has 0 aromatic heterocycles. The summed E-state index contributed by atoms with van der Waals surface area (Å²) in [6.07, 6.45) is 0. The molecule has 0 aromatic carbocycles. The standard InChI is InChI=1S/C10H16O4/c1-7(5-13-9(3)11)8(2)6-14-10(4)12/h5-6H2,1-4H3. The van der Waals surface area contributed by atoms with Crippen molar-refractivity contribution < 1.29 is 19.1 Å². The second-order valence-corrected chi connectivity index (χ2v) is 3.12. The van der Waals surface area contributed by atoms with Gasteiger partial charge in [0.25, 0.3) is 0 Å².